The van der Waals surface area contributed by atoms with Gasteiger partial charge in [-0.25, -0.2) is 0 Å². The van der Waals surface area contributed by atoms with Crippen LogP contribution < -0.4 is 10.6 Å². The standard InChI is InChI=1S/C10H15N5O2/c11-9(14-17)8-3-4-12-13-10(8)15-5-1-2-7(15)6-16/h3-4,7,16-17H,1-2,5-6H2,(H2,11,14). The van der Waals surface area contributed by atoms with Gasteiger partial charge >= 0.3 is 0 Å². The van der Waals surface area contributed by atoms with Crippen LogP contribution in [0.25, 0.3) is 0 Å². The second-order valence-electron chi connectivity index (χ2n) is 3.93. The van der Waals surface area contributed by atoms with Crippen molar-refractivity contribution >= 4 is 11.7 Å². The minimum absolute atomic E-state index is 0.00140. The summed E-state index contributed by atoms with van der Waals surface area (Å²) in [5, 5.41) is 28.8. The molecule has 1 aromatic rings. The molecule has 0 radical (unpaired) electrons. The number of hydrogen-bond acceptors (Lipinski definition) is 6. The number of rotatable bonds is 3. The summed E-state index contributed by atoms with van der Waals surface area (Å²) in [6, 6.07) is 1.67. The highest BCUT2D eigenvalue weighted by Gasteiger charge is 2.27. The Morgan fingerprint density at radius 1 is 1.65 bits per heavy atom. The van der Waals surface area contributed by atoms with Crippen LogP contribution in [0.15, 0.2) is 17.4 Å². The van der Waals surface area contributed by atoms with Gasteiger partial charge in [0.15, 0.2) is 11.7 Å². The molecule has 0 saturated carbocycles. The highest BCUT2D eigenvalue weighted by atomic mass is 16.4. The number of nitrogens with zero attached hydrogens (tertiary/aromatic N) is 4. The largest absolute Gasteiger partial charge is 0.409 e. The first-order chi connectivity index (χ1) is 8.27. The Balaban J connectivity index is 2.38. The van der Waals surface area contributed by atoms with Crippen molar-refractivity contribution in [2.75, 3.05) is 18.1 Å². The molecule has 1 aliphatic heterocycles. The van der Waals surface area contributed by atoms with Crippen LogP contribution in [0.2, 0.25) is 0 Å². The van der Waals surface area contributed by atoms with Crippen LogP contribution in [-0.4, -0.2) is 45.5 Å². The fourth-order valence-electron chi connectivity index (χ4n) is 2.09. The maximum absolute atomic E-state index is 9.28. The molecule has 1 aliphatic rings. The molecule has 92 valence electrons. The van der Waals surface area contributed by atoms with E-state index in [2.05, 4.69) is 15.4 Å². The minimum Gasteiger partial charge on any atom is -0.409 e. The first-order valence-corrected chi connectivity index (χ1v) is 5.45. The lowest BCUT2D eigenvalue weighted by molar-refractivity contribution is 0.266. The van der Waals surface area contributed by atoms with E-state index >= 15 is 0 Å². The molecule has 1 saturated heterocycles. The van der Waals surface area contributed by atoms with Crippen LogP contribution in [-0.2, 0) is 0 Å². The molecule has 1 atom stereocenters. The normalized spacial score (nSPS) is 20.9. The number of amidine groups is 1. The van der Waals surface area contributed by atoms with Crippen molar-refractivity contribution in [2.24, 2.45) is 10.9 Å². The lowest BCUT2D eigenvalue weighted by Crippen LogP contribution is -2.35. The lowest BCUT2D eigenvalue weighted by atomic mass is 10.2. The van der Waals surface area contributed by atoms with Gasteiger partial charge in [-0.05, 0) is 18.9 Å². The number of aliphatic hydroxyl groups is 1. The zero-order valence-corrected chi connectivity index (χ0v) is 9.32. The number of anilines is 1. The van der Waals surface area contributed by atoms with Crippen molar-refractivity contribution in [1.82, 2.24) is 10.2 Å². The number of aromatic nitrogens is 2. The van der Waals surface area contributed by atoms with Crippen molar-refractivity contribution in [3.05, 3.63) is 17.8 Å². The molecule has 1 unspecified atom stereocenters. The number of aliphatic hydroxyl groups excluding tert-OH is 1. The monoisotopic (exact) mass is 237 g/mol. The van der Waals surface area contributed by atoms with Crippen LogP contribution in [0.5, 0.6) is 0 Å². The molecule has 0 amide bonds. The van der Waals surface area contributed by atoms with Crippen molar-refractivity contribution < 1.29 is 10.3 Å². The Hall–Kier alpha value is -1.89. The molecule has 0 bridgehead atoms. The Morgan fingerprint density at radius 2 is 2.47 bits per heavy atom. The number of oxime groups is 1. The van der Waals surface area contributed by atoms with E-state index in [1.165, 1.54) is 6.20 Å². The average Bonchev–Trinajstić information content (AvgIpc) is 2.86. The quantitative estimate of drug-likeness (QED) is 0.284. The molecule has 0 spiro atoms. The maximum Gasteiger partial charge on any atom is 0.173 e. The van der Waals surface area contributed by atoms with Crippen molar-refractivity contribution in [3.8, 4) is 0 Å². The van der Waals surface area contributed by atoms with Crippen molar-refractivity contribution in [2.45, 2.75) is 18.9 Å². The fraction of sp³-hybridized carbons (Fsp3) is 0.500. The third-order valence-electron chi connectivity index (χ3n) is 2.94. The molecule has 0 aliphatic carbocycles. The van der Waals surface area contributed by atoms with Crippen LogP contribution in [0.4, 0.5) is 5.82 Å². The lowest BCUT2D eigenvalue weighted by Gasteiger charge is -2.25. The maximum atomic E-state index is 9.28. The molecule has 0 aromatic carbocycles. The highest BCUT2D eigenvalue weighted by Crippen LogP contribution is 2.25. The molecule has 7 nitrogen and oxygen atoms in total. The van der Waals surface area contributed by atoms with Gasteiger partial charge < -0.3 is 20.9 Å². The molecular weight excluding hydrogens is 222 g/mol. The second-order valence-corrected chi connectivity index (χ2v) is 3.93. The van der Waals surface area contributed by atoms with E-state index in [9.17, 15) is 5.11 Å². The van der Waals surface area contributed by atoms with E-state index < -0.39 is 0 Å². The first kappa shape index (κ1) is 11.6. The van der Waals surface area contributed by atoms with E-state index in [-0.39, 0.29) is 18.5 Å². The van der Waals surface area contributed by atoms with E-state index in [4.69, 9.17) is 10.9 Å². The minimum atomic E-state index is -0.00140. The van der Waals surface area contributed by atoms with Crippen LogP contribution in [0.3, 0.4) is 0 Å². The zero-order valence-electron chi connectivity index (χ0n) is 9.32. The van der Waals surface area contributed by atoms with Crippen LogP contribution in [0, 0.1) is 0 Å². The van der Waals surface area contributed by atoms with Crippen molar-refractivity contribution in [3.63, 3.8) is 0 Å². The second kappa shape index (κ2) is 4.96. The SMILES string of the molecule is N/C(=N/O)c1ccnnc1N1CCCC1CO. The van der Waals surface area contributed by atoms with Gasteiger partial charge in [0.2, 0.25) is 0 Å². The van der Waals surface area contributed by atoms with E-state index in [0.29, 0.717) is 11.4 Å². The Morgan fingerprint density at radius 3 is 3.18 bits per heavy atom. The molecule has 1 aromatic heterocycles. The first-order valence-electron chi connectivity index (χ1n) is 5.45. The van der Waals surface area contributed by atoms with Gasteiger partial charge in [-0.1, -0.05) is 5.16 Å². The van der Waals surface area contributed by atoms with E-state index in [0.717, 1.165) is 19.4 Å². The number of nitrogens with two attached hydrogens (primary N) is 1. The molecule has 2 heterocycles. The van der Waals surface area contributed by atoms with Crippen LogP contribution >= 0.6 is 0 Å². The van der Waals surface area contributed by atoms with Gasteiger partial charge in [0.1, 0.15) is 0 Å². The van der Waals surface area contributed by atoms with Crippen LogP contribution in [0.1, 0.15) is 18.4 Å². The molecular formula is C10H15N5O2. The summed E-state index contributed by atoms with van der Waals surface area (Å²) in [6.07, 6.45) is 3.38. The van der Waals surface area contributed by atoms with Gasteiger partial charge in [0.05, 0.1) is 24.4 Å². The number of hydrogen-bond donors (Lipinski definition) is 3. The summed E-state index contributed by atoms with van der Waals surface area (Å²) >= 11 is 0. The topological polar surface area (TPSA) is 108 Å². The molecule has 2 rings (SSSR count). The molecule has 17 heavy (non-hydrogen) atoms. The van der Waals surface area contributed by atoms with Crippen molar-refractivity contribution in [1.29, 1.82) is 0 Å². The Bertz CT molecular complexity index is 423. The summed E-state index contributed by atoms with van der Waals surface area (Å²) in [5.41, 5.74) is 6.12. The highest BCUT2D eigenvalue weighted by molar-refractivity contribution is 6.01. The Kier molecular flexibility index (Phi) is 3.38. The third kappa shape index (κ3) is 2.14. The van der Waals surface area contributed by atoms with Gasteiger partial charge in [-0.3, -0.25) is 0 Å². The predicted molar refractivity (Wildman–Crippen MR) is 62.0 cm³/mol. The fourth-order valence-corrected chi connectivity index (χ4v) is 2.09. The zero-order chi connectivity index (χ0) is 12.3. The molecule has 1 fully saturated rings. The molecule has 4 N–H and O–H groups in total. The summed E-state index contributed by atoms with van der Waals surface area (Å²) in [7, 11) is 0. The van der Waals surface area contributed by atoms with E-state index in [1.54, 1.807) is 6.07 Å². The Labute approximate surface area is 98.6 Å². The van der Waals surface area contributed by atoms with Gasteiger partial charge in [-0.15, -0.1) is 5.10 Å². The van der Waals surface area contributed by atoms with Gasteiger partial charge in [0, 0.05) is 6.54 Å². The predicted octanol–water partition coefficient (Wildman–Crippen LogP) is -0.468. The summed E-state index contributed by atoms with van der Waals surface area (Å²) in [6.45, 7) is 0.849. The van der Waals surface area contributed by atoms with Gasteiger partial charge in [0.25, 0.3) is 0 Å². The van der Waals surface area contributed by atoms with E-state index in [1.807, 2.05) is 4.90 Å². The smallest absolute Gasteiger partial charge is 0.173 e. The third-order valence-corrected chi connectivity index (χ3v) is 2.94. The average molecular weight is 237 g/mol. The van der Waals surface area contributed by atoms with Gasteiger partial charge in [-0.2, -0.15) is 5.10 Å². The summed E-state index contributed by atoms with van der Waals surface area (Å²) in [5.74, 6) is 0.554. The molecule has 7 heteroatoms. The summed E-state index contributed by atoms with van der Waals surface area (Å²) in [4.78, 5) is 1.94. The summed E-state index contributed by atoms with van der Waals surface area (Å²) < 4.78 is 0.